The van der Waals surface area contributed by atoms with E-state index in [4.69, 9.17) is 4.42 Å². The van der Waals surface area contributed by atoms with Crippen LogP contribution in [0.25, 0.3) is 0 Å². The smallest absolute Gasteiger partial charge is 0.406 e. The molecule has 0 aliphatic carbocycles. The number of furan rings is 1. The van der Waals surface area contributed by atoms with E-state index in [9.17, 15) is 27.6 Å². The van der Waals surface area contributed by atoms with Crippen molar-refractivity contribution in [2.45, 2.75) is 39.0 Å². The highest BCUT2D eigenvalue weighted by atomic mass is 19.4. The summed E-state index contributed by atoms with van der Waals surface area (Å²) in [6, 6.07) is 3.63. The molecule has 7 nitrogen and oxygen atoms in total. The van der Waals surface area contributed by atoms with Gasteiger partial charge in [-0.05, 0) is 39.0 Å². The highest BCUT2D eigenvalue weighted by Gasteiger charge is 2.51. The molecular formula is C18H18F3N3O4. The summed E-state index contributed by atoms with van der Waals surface area (Å²) in [7, 11) is 0. The first kappa shape index (κ1) is 19.7. The molecule has 10 heteroatoms. The summed E-state index contributed by atoms with van der Waals surface area (Å²) < 4.78 is 44.4. The second kappa shape index (κ2) is 6.54. The van der Waals surface area contributed by atoms with Crippen LogP contribution >= 0.6 is 0 Å². The summed E-state index contributed by atoms with van der Waals surface area (Å²) in [5, 5.41) is 2.49. The van der Waals surface area contributed by atoms with Gasteiger partial charge in [0.05, 0.1) is 12.8 Å². The van der Waals surface area contributed by atoms with E-state index in [-0.39, 0.29) is 22.7 Å². The molecule has 1 atom stereocenters. The van der Waals surface area contributed by atoms with Gasteiger partial charge in [0.1, 0.15) is 12.3 Å². The molecule has 1 aliphatic rings. The van der Waals surface area contributed by atoms with Gasteiger partial charge in [0.15, 0.2) is 11.3 Å². The lowest BCUT2D eigenvalue weighted by Gasteiger charge is -2.18. The van der Waals surface area contributed by atoms with Crippen molar-refractivity contribution in [1.29, 1.82) is 0 Å². The molecule has 1 saturated heterocycles. The van der Waals surface area contributed by atoms with Crippen molar-refractivity contribution < 1.29 is 32.0 Å². The SMILES string of the molecule is Cc1cc(C(=O)CN2C(=O)NC(C)(c3ccco3)C2=O)c(C)n1CC(F)(F)F. The molecule has 3 heterocycles. The van der Waals surface area contributed by atoms with Crippen LogP contribution in [0.1, 0.15) is 34.4 Å². The highest BCUT2D eigenvalue weighted by molar-refractivity contribution is 6.11. The number of halogens is 3. The van der Waals surface area contributed by atoms with Gasteiger partial charge in [-0.15, -0.1) is 0 Å². The zero-order valence-corrected chi connectivity index (χ0v) is 15.4. The molecule has 0 saturated carbocycles. The van der Waals surface area contributed by atoms with Crippen molar-refractivity contribution in [3.8, 4) is 0 Å². The zero-order valence-electron chi connectivity index (χ0n) is 15.4. The highest BCUT2D eigenvalue weighted by Crippen LogP contribution is 2.30. The van der Waals surface area contributed by atoms with Crippen LogP contribution in [-0.4, -0.2) is 39.9 Å². The Bertz CT molecular complexity index is 946. The number of carbonyl (C=O) groups is 3. The van der Waals surface area contributed by atoms with Crippen LogP contribution in [-0.2, 0) is 16.9 Å². The van der Waals surface area contributed by atoms with Crippen LogP contribution in [0.3, 0.4) is 0 Å². The van der Waals surface area contributed by atoms with E-state index in [1.54, 1.807) is 6.07 Å². The van der Waals surface area contributed by atoms with Gasteiger partial charge in [-0.3, -0.25) is 14.5 Å². The number of nitrogens with one attached hydrogen (secondary N) is 1. The van der Waals surface area contributed by atoms with Crippen molar-refractivity contribution >= 4 is 17.7 Å². The maximum atomic E-state index is 12.7. The first-order valence-electron chi connectivity index (χ1n) is 8.39. The van der Waals surface area contributed by atoms with E-state index in [1.165, 1.54) is 39.2 Å². The van der Waals surface area contributed by atoms with Crippen LogP contribution in [0.5, 0.6) is 0 Å². The number of hydrogen-bond acceptors (Lipinski definition) is 4. The molecule has 3 rings (SSSR count). The van der Waals surface area contributed by atoms with Crippen LogP contribution in [0, 0.1) is 13.8 Å². The standard InChI is InChI=1S/C18H18F3N3O4/c1-10-7-12(11(2)24(10)9-18(19,20)21)13(25)8-23-15(26)17(3,22-16(23)27)14-5-4-6-28-14/h4-7H,8-9H2,1-3H3,(H,22,27). The van der Waals surface area contributed by atoms with Gasteiger partial charge >= 0.3 is 12.2 Å². The maximum absolute atomic E-state index is 12.7. The Hall–Kier alpha value is -3.04. The van der Waals surface area contributed by atoms with Crippen molar-refractivity contribution in [3.63, 3.8) is 0 Å². The molecule has 0 spiro atoms. The van der Waals surface area contributed by atoms with Crippen molar-refractivity contribution in [1.82, 2.24) is 14.8 Å². The quantitative estimate of drug-likeness (QED) is 0.621. The molecule has 0 radical (unpaired) electrons. The normalized spacial score (nSPS) is 20.0. The third-order valence-corrected chi connectivity index (χ3v) is 4.80. The van der Waals surface area contributed by atoms with Crippen molar-refractivity contribution in [3.05, 3.63) is 47.2 Å². The third kappa shape index (κ3) is 3.30. The van der Waals surface area contributed by atoms with Gasteiger partial charge in [0.25, 0.3) is 5.91 Å². The Morgan fingerprint density at radius 3 is 2.54 bits per heavy atom. The lowest BCUT2D eigenvalue weighted by molar-refractivity contribution is -0.141. The molecule has 2 aromatic heterocycles. The molecule has 28 heavy (non-hydrogen) atoms. The maximum Gasteiger partial charge on any atom is 0.406 e. The number of urea groups is 1. The Morgan fingerprint density at radius 1 is 1.29 bits per heavy atom. The van der Waals surface area contributed by atoms with Gasteiger partial charge in [-0.1, -0.05) is 0 Å². The number of alkyl halides is 3. The van der Waals surface area contributed by atoms with E-state index < -0.39 is 42.5 Å². The molecule has 1 fully saturated rings. The second-order valence-electron chi connectivity index (χ2n) is 6.83. The summed E-state index contributed by atoms with van der Waals surface area (Å²) >= 11 is 0. The molecular weight excluding hydrogens is 379 g/mol. The Morgan fingerprint density at radius 2 is 1.96 bits per heavy atom. The fraction of sp³-hybridized carbons (Fsp3) is 0.389. The van der Waals surface area contributed by atoms with Gasteiger partial charge in [-0.25, -0.2) is 4.79 Å². The van der Waals surface area contributed by atoms with Crippen LogP contribution in [0.4, 0.5) is 18.0 Å². The first-order valence-corrected chi connectivity index (χ1v) is 8.39. The second-order valence-corrected chi connectivity index (χ2v) is 6.83. The number of Topliss-reactive ketones (excluding diaryl/α,β-unsaturated/α-hetero) is 1. The molecule has 2 aromatic rings. The number of nitrogens with zero attached hydrogens (tertiary/aromatic N) is 2. The monoisotopic (exact) mass is 397 g/mol. The number of aryl methyl sites for hydroxylation is 1. The average molecular weight is 397 g/mol. The number of ketones is 1. The van der Waals surface area contributed by atoms with E-state index in [0.717, 1.165) is 9.47 Å². The van der Waals surface area contributed by atoms with Crippen LogP contribution < -0.4 is 5.32 Å². The lowest BCUT2D eigenvalue weighted by Crippen LogP contribution is -2.41. The number of hydrogen-bond donors (Lipinski definition) is 1. The fourth-order valence-electron chi connectivity index (χ4n) is 3.31. The van der Waals surface area contributed by atoms with Crippen LogP contribution in [0.15, 0.2) is 28.9 Å². The Kier molecular flexibility index (Phi) is 4.60. The number of imide groups is 1. The molecule has 1 aliphatic heterocycles. The first-order chi connectivity index (χ1) is 12.9. The molecule has 3 amide bonds. The third-order valence-electron chi connectivity index (χ3n) is 4.80. The van der Waals surface area contributed by atoms with Crippen molar-refractivity contribution in [2.75, 3.05) is 6.54 Å². The van der Waals surface area contributed by atoms with Crippen molar-refractivity contribution in [2.24, 2.45) is 0 Å². The molecule has 150 valence electrons. The summed E-state index contributed by atoms with van der Waals surface area (Å²) in [5.74, 6) is -1.09. The topological polar surface area (TPSA) is 84.6 Å². The number of carbonyl (C=O) groups excluding carboxylic acids is 3. The predicted molar refractivity (Wildman–Crippen MR) is 90.6 cm³/mol. The predicted octanol–water partition coefficient (Wildman–Crippen LogP) is 2.91. The van der Waals surface area contributed by atoms with Gasteiger partial charge in [0.2, 0.25) is 0 Å². The minimum Gasteiger partial charge on any atom is -0.466 e. The van der Waals surface area contributed by atoms with E-state index in [1.807, 2.05) is 0 Å². The van der Waals surface area contributed by atoms with E-state index in [2.05, 4.69) is 5.32 Å². The number of amides is 3. The number of rotatable bonds is 5. The van der Waals surface area contributed by atoms with E-state index >= 15 is 0 Å². The van der Waals surface area contributed by atoms with Gasteiger partial charge < -0.3 is 14.3 Å². The average Bonchev–Trinajstić information content (AvgIpc) is 3.26. The lowest BCUT2D eigenvalue weighted by atomic mass is 9.99. The Labute approximate surface area is 158 Å². The zero-order chi connectivity index (χ0) is 20.9. The van der Waals surface area contributed by atoms with E-state index in [0.29, 0.717) is 0 Å². The summed E-state index contributed by atoms with van der Waals surface area (Å²) in [4.78, 5) is 38.4. The minimum absolute atomic E-state index is 0.0361. The fourth-order valence-corrected chi connectivity index (χ4v) is 3.31. The number of aromatic nitrogens is 1. The molecule has 1 unspecified atom stereocenters. The molecule has 1 N–H and O–H groups in total. The largest absolute Gasteiger partial charge is 0.466 e. The van der Waals surface area contributed by atoms with Crippen LogP contribution in [0.2, 0.25) is 0 Å². The molecule has 0 bridgehead atoms. The van der Waals surface area contributed by atoms with Gasteiger partial charge in [0, 0.05) is 17.0 Å². The van der Waals surface area contributed by atoms with Gasteiger partial charge in [-0.2, -0.15) is 13.2 Å². The minimum atomic E-state index is -4.44. The summed E-state index contributed by atoms with van der Waals surface area (Å²) in [6.45, 7) is 2.49. The Balaban J connectivity index is 1.83. The summed E-state index contributed by atoms with van der Waals surface area (Å²) in [6.07, 6.45) is -3.09. The summed E-state index contributed by atoms with van der Waals surface area (Å²) in [5.41, 5.74) is -1.03. The molecule has 0 aromatic carbocycles.